The zero-order valence-corrected chi connectivity index (χ0v) is 22.7. The van der Waals surface area contributed by atoms with Crippen LogP contribution >= 0.6 is 0 Å². The van der Waals surface area contributed by atoms with Crippen LogP contribution in [0.25, 0.3) is 27.4 Å². The average Bonchev–Trinajstić information content (AvgIpc) is 2.98. The van der Waals surface area contributed by atoms with Crippen LogP contribution in [-0.4, -0.2) is 78.8 Å². The Balaban J connectivity index is 1.48. The topological polar surface area (TPSA) is 67.2 Å². The number of benzene rings is 3. The van der Waals surface area contributed by atoms with Gasteiger partial charge in [0.15, 0.2) is 17.3 Å². The van der Waals surface area contributed by atoms with Gasteiger partial charge in [-0.25, -0.2) is 4.39 Å². The molecular formula is C31H31FN4O4. The van der Waals surface area contributed by atoms with Gasteiger partial charge < -0.3 is 23.8 Å². The molecule has 9 heteroatoms. The lowest BCUT2D eigenvalue weighted by Crippen LogP contribution is -2.49. The average molecular weight is 543 g/mol. The molecule has 1 aromatic heterocycles. The molecular weight excluding hydrogens is 511 g/mol. The molecule has 0 saturated carbocycles. The molecule has 0 bridgehead atoms. The van der Waals surface area contributed by atoms with Gasteiger partial charge in [-0.05, 0) is 31.4 Å². The number of ether oxygens (including phenoxy) is 2. The number of nitrogens with zero attached hydrogens (tertiary/aromatic N) is 4. The molecule has 7 rings (SSSR count). The SMILES string of the molecule is CC(C)N1CCN(c2c(F)cc3c(=O)c(C(=O)N4CCOCC4)cn4c3c2Oc2ccc3ccccc3c2-4)CC1. The summed E-state index contributed by atoms with van der Waals surface area (Å²) in [6, 6.07) is 13.5. The highest BCUT2D eigenvalue weighted by Crippen LogP contribution is 2.48. The third-order valence-electron chi connectivity index (χ3n) is 8.38. The van der Waals surface area contributed by atoms with Crippen LogP contribution in [-0.2, 0) is 4.74 Å². The molecule has 3 aliphatic heterocycles. The van der Waals surface area contributed by atoms with Crippen molar-refractivity contribution in [2.75, 3.05) is 57.4 Å². The number of aromatic nitrogens is 1. The fourth-order valence-corrected chi connectivity index (χ4v) is 6.21. The monoisotopic (exact) mass is 542 g/mol. The van der Waals surface area contributed by atoms with E-state index in [1.54, 1.807) is 11.1 Å². The first kappa shape index (κ1) is 25.0. The van der Waals surface area contributed by atoms with Crippen molar-refractivity contribution in [2.45, 2.75) is 19.9 Å². The number of piperazine rings is 1. The summed E-state index contributed by atoms with van der Waals surface area (Å²) in [5.74, 6) is -0.0285. The van der Waals surface area contributed by atoms with E-state index >= 15 is 4.39 Å². The van der Waals surface area contributed by atoms with Crippen LogP contribution in [0.5, 0.6) is 11.5 Å². The molecule has 0 aliphatic carbocycles. The smallest absolute Gasteiger partial charge is 0.259 e. The summed E-state index contributed by atoms with van der Waals surface area (Å²) in [7, 11) is 0. The number of rotatable bonds is 3. The van der Waals surface area contributed by atoms with Crippen LogP contribution in [0, 0.1) is 5.82 Å². The normalized spacial score (nSPS) is 17.4. The fraction of sp³-hybridized carbons (Fsp3) is 0.355. The van der Waals surface area contributed by atoms with Gasteiger partial charge in [-0.15, -0.1) is 0 Å². The van der Waals surface area contributed by atoms with Gasteiger partial charge in [0.25, 0.3) is 5.91 Å². The van der Waals surface area contributed by atoms with Gasteiger partial charge in [-0.3, -0.25) is 14.5 Å². The molecule has 0 unspecified atom stereocenters. The number of morpholine rings is 1. The van der Waals surface area contributed by atoms with Gasteiger partial charge in [0, 0.05) is 56.9 Å². The summed E-state index contributed by atoms with van der Waals surface area (Å²) >= 11 is 0. The van der Waals surface area contributed by atoms with Crippen molar-refractivity contribution in [3.8, 4) is 17.2 Å². The van der Waals surface area contributed by atoms with Crippen LogP contribution in [0.1, 0.15) is 24.2 Å². The lowest BCUT2D eigenvalue weighted by atomic mass is 10.0. The van der Waals surface area contributed by atoms with Crippen molar-refractivity contribution in [1.29, 1.82) is 0 Å². The van der Waals surface area contributed by atoms with Crippen LogP contribution in [0.3, 0.4) is 0 Å². The van der Waals surface area contributed by atoms with Gasteiger partial charge in [-0.2, -0.15) is 0 Å². The van der Waals surface area contributed by atoms with Crippen LogP contribution in [0.2, 0.25) is 0 Å². The first-order chi connectivity index (χ1) is 19.4. The second kappa shape index (κ2) is 9.60. The van der Waals surface area contributed by atoms with E-state index in [-0.39, 0.29) is 16.9 Å². The molecule has 0 radical (unpaired) electrons. The highest BCUT2D eigenvalue weighted by Gasteiger charge is 2.33. The minimum absolute atomic E-state index is 0.0128. The van der Waals surface area contributed by atoms with Crippen LogP contribution in [0.4, 0.5) is 10.1 Å². The largest absolute Gasteiger partial charge is 0.451 e. The van der Waals surface area contributed by atoms with Crippen molar-refractivity contribution in [3.05, 3.63) is 70.3 Å². The van der Waals surface area contributed by atoms with E-state index in [9.17, 15) is 9.59 Å². The number of carbonyl (C=O) groups is 1. The Hall–Kier alpha value is -3.95. The lowest BCUT2D eigenvalue weighted by molar-refractivity contribution is 0.0302. The third kappa shape index (κ3) is 3.87. The molecule has 1 amide bonds. The molecule has 4 aromatic rings. The third-order valence-corrected chi connectivity index (χ3v) is 8.38. The van der Waals surface area contributed by atoms with Gasteiger partial charge in [0.1, 0.15) is 16.8 Å². The van der Waals surface area contributed by atoms with Crippen molar-refractivity contribution in [2.24, 2.45) is 0 Å². The number of amides is 1. The van der Waals surface area contributed by atoms with E-state index in [0.717, 1.165) is 29.5 Å². The van der Waals surface area contributed by atoms with Gasteiger partial charge in [-0.1, -0.05) is 30.3 Å². The number of fused-ring (bicyclic) bond motifs is 4. The first-order valence-electron chi connectivity index (χ1n) is 13.9. The fourth-order valence-electron chi connectivity index (χ4n) is 6.21. The number of halogens is 1. The van der Waals surface area contributed by atoms with E-state index in [0.29, 0.717) is 68.1 Å². The zero-order chi connectivity index (χ0) is 27.5. The highest BCUT2D eigenvalue weighted by atomic mass is 19.1. The Labute approximate surface area is 231 Å². The minimum Gasteiger partial charge on any atom is -0.451 e. The summed E-state index contributed by atoms with van der Waals surface area (Å²) < 4.78 is 29.8. The van der Waals surface area contributed by atoms with Crippen molar-refractivity contribution < 1.29 is 18.7 Å². The maximum Gasteiger partial charge on any atom is 0.259 e. The van der Waals surface area contributed by atoms with E-state index in [4.69, 9.17) is 9.47 Å². The Bertz CT molecular complexity index is 1720. The van der Waals surface area contributed by atoms with E-state index < -0.39 is 11.2 Å². The number of carbonyl (C=O) groups excluding carboxylic acids is 1. The molecule has 0 spiro atoms. The second-order valence-corrected chi connectivity index (χ2v) is 10.9. The molecule has 3 aromatic carbocycles. The molecule has 8 nitrogen and oxygen atoms in total. The summed E-state index contributed by atoms with van der Waals surface area (Å²) in [4.78, 5) is 33.5. The van der Waals surface area contributed by atoms with Gasteiger partial charge >= 0.3 is 0 Å². The zero-order valence-electron chi connectivity index (χ0n) is 22.7. The molecule has 2 fully saturated rings. The highest BCUT2D eigenvalue weighted by molar-refractivity contribution is 6.04. The quantitative estimate of drug-likeness (QED) is 0.337. The Kier molecular flexibility index (Phi) is 6.01. The number of hydrogen-bond acceptors (Lipinski definition) is 6. The van der Waals surface area contributed by atoms with E-state index in [1.807, 2.05) is 45.9 Å². The maximum absolute atomic E-state index is 16.1. The number of pyridine rings is 1. The Morgan fingerprint density at radius 1 is 0.925 bits per heavy atom. The molecule has 206 valence electrons. The molecule has 0 N–H and O–H groups in total. The predicted octanol–water partition coefficient (Wildman–Crippen LogP) is 4.39. The molecule has 0 atom stereocenters. The van der Waals surface area contributed by atoms with Gasteiger partial charge in [0.05, 0.1) is 24.3 Å². The molecule has 2 saturated heterocycles. The lowest BCUT2D eigenvalue weighted by Gasteiger charge is -2.39. The van der Waals surface area contributed by atoms with E-state index in [2.05, 4.69) is 18.7 Å². The van der Waals surface area contributed by atoms with Crippen molar-refractivity contribution in [1.82, 2.24) is 14.4 Å². The summed E-state index contributed by atoms with van der Waals surface area (Å²) in [5.41, 5.74) is 1.09. The minimum atomic E-state index is -0.524. The molecule has 40 heavy (non-hydrogen) atoms. The van der Waals surface area contributed by atoms with Crippen molar-refractivity contribution in [3.63, 3.8) is 0 Å². The van der Waals surface area contributed by atoms with Crippen LogP contribution in [0.15, 0.2) is 53.5 Å². The maximum atomic E-state index is 16.1. The van der Waals surface area contributed by atoms with Gasteiger partial charge in [0.2, 0.25) is 5.43 Å². The summed E-state index contributed by atoms with van der Waals surface area (Å²) in [6.07, 6.45) is 1.62. The predicted molar refractivity (Wildman–Crippen MR) is 153 cm³/mol. The molecule has 4 heterocycles. The Morgan fingerprint density at radius 3 is 2.42 bits per heavy atom. The first-order valence-corrected chi connectivity index (χ1v) is 13.9. The second-order valence-electron chi connectivity index (χ2n) is 10.9. The summed E-state index contributed by atoms with van der Waals surface area (Å²) in [5, 5.41) is 2.04. The molecule has 3 aliphatic rings. The Morgan fingerprint density at radius 2 is 1.68 bits per heavy atom. The number of hydrogen-bond donors (Lipinski definition) is 0. The van der Waals surface area contributed by atoms with E-state index in [1.165, 1.54) is 6.07 Å². The standard InChI is InChI=1S/C31H31FN4O4/c1-19(2)33-9-11-34(12-10-33)28-24(32)17-22-27-30(28)40-25-8-7-20-5-3-4-6-21(20)26(25)36(27)18-23(29(22)37)31(38)35-13-15-39-16-14-35/h3-8,17-19H,9-16H2,1-2H3. The van der Waals surface area contributed by atoms with Crippen LogP contribution < -0.4 is 15.1 Å². The summed E-state index contributed by atoms with van der Waals surface area (Å²) in [6.45, 7) is 8.84. The number of anilines is 1. The van der Waals surface area contributed by atoms with Crippen molar-refractivity contribution >= 4 is 33.3 Å².